The maximum Gasteiger partial charge on any atom is 0.317 e. The van der Waals surface area contributed by atoms with Crippen LogP contribution in [0, 0.1) is 0 Å². The molecule has 0 radical (unpaired) electrons. The Bertz CT molecular complexity index is 753. The Labute approximate surface area is 186 Å². The van der Waals surface area contributed by atoms with Crippen LogP contribution in [-0.4, -0.2) is 89.6 Å². The van der Waals surface area contributed by atoms with Gasteiger partial charge in [0.05, 0.1) is 12.6 Å². The van der Waals surface area contributed by atoms with Crippen LogP contribution >= 0.6 is 0 Å². The first kappa shape index (κ1) is 23.7. The van der Waals surface area contributed by atoms with E-state index in [-0.39, 0.29) is 12.5 Å². The molecule has 1 amide bonds. The largest absolute Gasteiger partial charge is 0.480 e. The molecule has 0 aromatic heterocycles. The predicted molar refractivity (Wildman–Crippen MR) is 122 cm³/mol. The monoisotopic (exact) mass is 430 g/mol. The molecule has 1 aromatic rings. The van der Waals surface area contributed by atoms with E-state index < -0.39 is 12.0 Å². The number of aliphatic carboxylic acids is 1. The zero-order valence-corrected chi connectivity index (χ0v) is 19.1. The first-order chi connectivity index (χ1) is 14.9. The Morgan fingerprint density at radius 2 is 1.68 bits per heavy atom. The molecular formula is C24H38N4O3. The minimum Gasteiger partial charge on any atom is -0.480 e. The van der Waals surface area contributed by atoms with Gasteiger partial charge in [-0.05, 0) is 48.8 Å². The van der Waals surface area contributed by atoms with E-state index in [1.807, 2.05) is 9.80 Å². The molecule has 1 aromatic carbocycles. The van der Waals surface area contributed by atoms with E-state index in [2.05, 4.69) is 36.9 Å². The Morgan fingerprint density at radius 3 is 2.26 bits per heavy atom. The summed E-state index contributed by atoms with van der Waals surface area (Å²) in [7, 11) is 0. The zero-order valence-electron chi connectivity index (χ0n) is 19.1. The second kappa shape index (κ2) is 11.1. The molecular weight excluding hydrogens is 392 g/mol. The number of likely N-dealkylation sites (tertiary alicyclic amines) is 1. The van der Waals surface area contributed by atoms with Gasteiger partial charge in [0.2, 0.25) is 5.91 Å². The molecule has 2 saturated heterocycles. The molecule has 1 unspecified atom stereocenters. The molecule has 0 bridgehead atoms. The molecule has 0 saturated carbocycles. The standard InChI is InChI=1S/C24H38N4O3/c1-3-19-6-5-18(15-20(19)4-2)16-22(25)24(31)28-9-7-21(8-10-28)27-13-11-26(12-14-27)17-23(29)30/h5-6,15,21-22H,3-4,7-14,16-17,25H2,1-2H3,(H,29,30). The third kappa shape index (κ3) is 6.28. The number of nitrogens with two attached hydrogens (primary N) is 1. The highest BCUT2D eigenvalue weighted by Gasteiger charge is 2.31. The third-order valence-corrected chi connectivity index (χ3v) is 6.86. The number of benzene rings is 1. The van der Waals surface area contributed by atoms with Gasteiger partial charge in [0.15, 0.2) is 0 Å². The molecule has 1 atom stereocenters. The van der Waals surface area contributed by atoms with Crippen molar-refractivity contribution in [3.05, 3.63) is 34.9 Å². The fraction of sp³-hybridized carbons (Fsp3) is 0.667. The van der Waals surface area contributed by atoms with Gasteiger partial charge in [-0.2, -0.15) is 0 Å². The predicted octanol–water partition coefficient (Wildman–Crippen LogP) is 1.37. The van der Waals surface area contributed by atoms with Gasteiger partial charge in [-0.25, -0.2) is 0 Å². The lowest BCUT2D eigenvalue weighted by Crippen LogP contribution is -2.55. The summed E-state index contributed by atoms with van der Waals surface area (Å²) in [6.45, 7) is 9.36. The van der Waals surface area contributed by atoms with Crippen LogP contribution in [0.3, 0.4) is 0 Å². The highest BCUT2D eigenvalue weighted by molar-refractivity contribution is 5.82. The van der Waals surface area contributed by atoms with Crippen molar-refractivity contribution in [2.45, 2.75) is 58.0 Å². The van der Waals surface area contributed by atoms with E-state index in [4.69, 9.17) is 10.8 Å². The number of piperidine rings is 1. The van der Waals surface area contributed by atoms with Crippen LogP contribution in [0.1, 0.15) is 43.4 Å². The summed E-state index contributed by atoms with van der Waals surface area (Å²) >= 11 is 0. The fourth-order valence-corrected chi connectivity index (χ4v) is 4.99. The summed E-state index contributed by atoms with van der Waals surface area (Å²) in [5, 5.41) is 8.95. The van der Waals surface area contributed by atoms with E-state index in [1.54, 1.807) is 0 Å². The van der Waals surface area contributed by atoms with Crippen molar-refractivity contribution in [2.75, 3.05) is 45.8 Å². The second-order valence-electron chi connectivity index (χ2n) is 8.88. The van der Waals surface area contributed by atoms with E-state index >= 15 is 0 Å². The van der Waals surface area contributed by atoms with Gasteiger partial charge in [-0.15, -0.1) is 0 Å². The van der Waals surface area contributed by atoms with Crippen LogP contribution in [-0.2, 0) is 28.9 Å². The summed E-state index contributed by atoms with van der Waals surface area (Å²) in [4.78, 5) is 30.2. The molecule has 0 spiro atoms. The maximum atomic E-state index is 12.9. The van der Waals surface area contributed by atoms with E-state index in [9.17, 15) is 9.59 Å². The molecule has 7 nitrogen and oxygen atoms in total. The molecule has 2 fully saturated rings. The molecule has 172 valence electrons. The molecule has 3 rings (SSSR count). The van der Waals surface area contributed by atoms with Crippen molar-refractivity contribution in [3.63, 3.8) is 0 Å². The van der Waals surface area contributed by atoms with Crippen molar-refractivity contribution in [2.24, 2.45) is 5.73 Å². The van der Waals surface area contributed by atoms with E-state index in [0.29, 0.717) is 12.5 Å². The highest BCUT2D eigenvalue weighted by atomic mass is 16.4. The Hall–Kier alpha value is -1.96. The van der Waals surface area contributed by atoms with E-state index in [0.717, 1.165) is 70.5 Å². The van der Waals surface area contributed by atoms with Crippen molar-refractivity contribution in [1.82, 2.24) is 14.7 Å². The van der Waals surface area contributed by atoms with Gasteiger partial charge in [0.1, 0.15) is 0 Å². The summed E-state index contributed by atoms with van der Waals surface area (Å²) < 4.78 is 0. The summed E-state index contributed by atoms with van der Waals surface area (Å²) in [6, 6.07) is 6.48. The number of carboxylic acids is 1. The van der Waals surface area contributed by atoms with Crippen molar-refractivity contribution >= 4 is 11.9 Å². The molecule has 7 heteroatoms. The van der Waals surface area contributed by atoms with Crippen LogP contribution in [0.4, 0.5) is 0 Å². The third-order valence-electron chi connectivity index (χ3n) is 6.86. The van der Waals surface area contributed by atoms with Gasteiger partial charge < -0.3 is 15.7 Å². The van der Waals surface area contributed by atoms with E-state index in [1.165, 1.54) is 11.1 Å². The van der Waals surface area contributed by atoms with Crippen LogP contribution < -0.4 is 5.73 Å². The van der Waals surface area contributed by atoms with Crippen molar-refractivity contribution in [1.29, 1.82) is 0 Å². The van der Waals surface area contributed by atoms with Gasteiger partial charge in [0.25, 0.3) is 0 Å². The SMILES string of the molecule is CCc1ccc(CC(N)C(=O)N2CCC(N3CCN(CC(=O)O)CC3)CC2)cc1CC. The highest BCUT2D eigenvalue weighted by Crippen LogP contribution is 2.20. The summed E-state index contributed by atoms with van der Waals surface area (Å²) in [6.07, 6.45) is 4.53. The summed E-state index contributed by atoms with van der Waals surface area (Å²) in [5.74, 6) is -0.703. The molecule has 2 aliphatic heterocycles. The van der Waals surface area contributed by atoms with Gasteiger partial charge >= 0.3 is 5.97 Å². The molecule has 3 N–H and O–H groups in total. The lowest BCUT2D eigenvalue weighted by molar-refractivity contribution is -0.138. The molecule has 2 heterocycles. The molecule has 31 heavy (non-hydrogen) atoms. The topological polar surface area (TPSA) is 90.1 Å². The van der Waals surface area contributed by atoms with Crippen LogP contribution in [0.15, 0.2) is 18.2 Å². The lowest BCUT2D eigenvalue weighted by Gasteiger charge is -2.42. The number of nitrogens with zero attached hydrogens (tertiary/aromatic N) is 3. The minimum absolute atomic E-state index is 0.0577. The normalized spacial score (nSPS) is 20.0. The number of carbonyl (C=O) groups excluding carboxylic acids is 1. The average molecular weight is 431 g/mol. The van der Waals surface area contributed by atoms with Crippen LogP contribution in [0.5, 0.6) is 0 Å². The molecule has 0 aliphatic carbocycles. The van der Waals surface area contributed by atoms with Crippen molar-refractivity contribution < 1.29 is 14.7 Å². The first-order valence-corrected chi connectivity index (χ1v) is 11.7. The van der Waals surface area contributed by atoms with Gasteiger partial charge in [-0.1, -0.05) is 32.0 Å². The second-order valence-corrected chi connectivity index (χ2v) is 8.88. The summed E-state index contributed by atoms with van der Waals surface area (Å²) in [5.41, 5.74) is 10.2. The van der Waals surface area contributed by atoms with Crippen molar-refractivity contribution in [3.8, 4) is 0 Å². The lowest BCUT2D eigenvalue weighted by atomic mass is 9.96. The number of carboxylic acid groups (broad SMARTS) is 1. The smallest absolute Gasteiger partial charge is 0.317 e. The maximum absolute atomic E-state index is 12.9. The Morgan fingerprint density at radius 1 is 1.03 bits per heavy atom. The number of hydrogen-bond acceptors (Lipinski definition) is 5. The number of piperazine rings is 1. The van der Waals surface area contributed by atoms with Gasteiger partial charge in [0, 0.05) is 45.3 Å². The number of aryl methyl sites for hydroxylation is 2. The Kier molecular flexibility index (Phi) is 8.46. The zero-order chi connectivity index (χ0) is 22.4. The number of hydrogen-bond donors (Lipinski definition) is 2. The number of carbonyl (C=O) groups is 2. The average Bonchev–Trinajstić information content (AvgIpc) is 2.78. The Balaban J connectivity index is 1.46. The number of amides is 1. The quantitative estimate of drug-likeness (QED) is 0.648. The minimum atomic E-state index is -0.760. The number of rotatable bonds is 8. The van der Waals surface area contributed by atoms with Gasteiger partial charge in [-0.3, -0.25) is 19.4 Å². The van der Waals surface area contributed by atoms with Crippen LogP contribution in [0.25, 0.3) is 0 Å². The first-order valence-electron chi connectivity index (χ1n) is 11.7. The molecule has 2 aliphatic rings. The fourth-order valence-electron chi connectivity index (χ4n) is 4.99. The van der Waals surface area contributed by atoms with Crippen LogP contribution in [0.2, 0.25) is 0 Å².